The molecule has 1 unspecified atom stereocenters. The molecule has 0 saturated carbocycles. The molecule has 1 fully saturated rings. The largest absolute Gasteiger partial charge is 0.497 e. The lowest BCUT2D eigenvalue weighted by Gasteiger charge is -2.44. The SMILES string of the molecule is COc1ccc(COC(/C=C\C[C@@H](C)O[Si](c2ccccc2)(c2ccccc2)C(C)(C)C)[C@H]2OC(C)(C)O[C@H]2CCI)cc1. The lowest BCUT2D eigenvalue weighted by molar-refractivity contribution is -0.156. The summed E-state index contributed by atoms with van der Waals surface area (Å²) < 4.78 is 33.0. The van der Waals surface area contributed by atoms with E-state index < -0.39 is 14.1 Å². The summed E-state index contributed by atoms with van der Waals surface area (Å²) in [5.41, 5.74) is 1.08. The lowest BCUT2D eigenvalue weighted by atomic mass is 10.0. The van der Waals surface area contributed by atoms with Crippen LogP contribution in [0.15, 0.2) is 97.1 Å². The highest BCUT2D eigenvalue weighted by atomic mass is 127. The molecule has 3 aromatic carbocycles. The van der Waals surface area contributed by atoms with E-state index in [1.165, 1.54) is 10.4 Å². The monoisotopic (exact) mass is 728 g/mol. The lowest BCUT2D eigenvalue weighted by Crippen LogP contribution is -2.67. The second-order valence-electron chi connectivity index (χ2n) is 13.0. The fourth-order valence-corrected chi connectivity index (χ4v) is 11.4. The molecule has 5 nitrogen and oxygen atoms in total. The average Bonchev–Trinajstić information content (AvgIpc) is 3.31. The summed E-state index contributed by atoms with van der Waals surface area (Å²) in [7, 11) is -0.966. The fourth-order valence-electron chi connectivity index (χ4n) is 6.09. The van der Waals surface area contributed by atoms with Crippen molar-refractivity contribution in [3.63, 3.8) is 0 Å². The Morgan fingerprint density at radius 2 is 1.50 bits per heavy atom. The van der Waals surface area contributed by atoms with Crippen LogP contribution in [0.2, 0.25) is 5.04 Å². The highest BCUT2D eigenvalue weighted by Crippen LogP contribution is 2.38. The van der Waals surface area contributed by atoms with Crippen molar-refractivity contribution in [1.82, 2.24) is 0 Å². The summed E-state index contributed by atoms with van der Waals surface area (Å²) in [6, 6.07) is 29.6. The zero-order valence-corrected chi connectivity index (χ0v) is 30.5. The molecule has 238 valence electrons. The predicted octanol–water partition coefficient (Wildman–Crippen LogP) is 7.84. The first-order valence-corrected chi connectivity index (χ1v) is 19.0. The van der Waals surface area contributed by atoms with Crippen molar-refractivity contribution in [2.45, 2.75) is 96.2 Å². The van der Waals surface area contributed by atoms with E-state index in [2.05, 4.69) is 123 Å². The minimum Gasteiger partial charge on any atom is -0.497 e. The van der Waals surface area contributed by atoms with Crippen molar-refractivity contribution < 1.29 is 23.4 Å². The second kappa shape index (κ2) is 15.5. The van der Waals surface area contributed by atoms with Gasteiger partial charge >= 0.3 is 0 Å². The van der Waals surface area contributed by atoms with Crippen LogP contribution < -0.4 is 15.1 Å². The molecule has 1 saturated heterocycles. The minimum absolute atomic E-state index is 0.0119. The van der Waals surface area contributed by atoms with Crippen molar-refractivity contribution >= 4 is 41.3 Å². The third-order valence-electron chi connectivity index (χ3n) is 8.13. The van der Waals surface area contributed by atoms with Crippen molar-refractivity contribution in [1.29, 1.82) is 0 Å². The highest BCUT2D eigenvalue weighted by Gasteiger charge is 2.51. The molecular formula is C37H49IO5Si. The third-order valence-corrected chi connectivity index (χ3v) is 13.9. The number of ether oxygens (including phenoxy) is 4. The zero-order chi connectivity index (χ0) is 31.8. The van der Waals surface area contributed by atoms with Crippen LogP contribution in [0.3, 0.4) is 0 Å². The van der Waals surface area contributed by atoms with Crippen LogP contribution >= 0.6 is 22.6 Å². The van der Waals surface area contributed by atoms with Crippen LogP contribution in [-0.4, -0.2) is 50.1 Å². The number of hydrogen-bond donors (Lipinski definition) is 0. The van der Waals surface area contributed by atoms with Gasteiger partial charge in [-0.3, -0.25) is 0 Å². The molecule has 0 bridgehead atoms. The van der Waals surface area contributed by atoms with E-state index in [9.17, 15) is 0 Å². The Balaban J connectivity index is 1.57. The molecule has 0 radical (unpaired) electrons. The van der Waals surface area contributed by atoms with Crippen LogP contribution in [-0.2, 0) is 25.2 Å². The number of halogens is 1. The van der Waals surface area contributed by atoms with Crippen molar-refractivity contribution in [2.24, 2.45) is 0 Å². The molecule has 1 heterocycles. The van der Waals surface area contributed by atoms with Gasteiger partial charge in [0.2, 0.25) is 0 Å². The zero-order valence-electron chi connectivity index (χ0n) is 27.3. The normalized spacial score (nSPS) is 20.1. The van der Waals surface area contributed by atoms with Gasteiger partial charge in [0.05, 0.1) is 19.8 Å². The molecule has 44 heavy (non-hydrogen) atoms. The maximum absolute atomic E-state index is 7.30. The van der Waals surface area contributed by atoms with Gasteiger partial charge in [-0.2, -0.15) is 0 Å². The first kappa shape index (κ1) is 34.9. The second-order valence-corrected chi connectivity index (χ2v) is 18.3. The van der Waals surface area contributed by atoms with Gasteiger partial charge in [0.25, 0.3) is 8.32 Å². The Hall–Kier alpha value is -2.01. The van der Waals surface area contributed by atoms with Crippen LogP contribution in [0.25, 0.3) is 0 Å². The van der Waals surface area contributed by atoms with Gasteiger partial charge in [-0.1, -0.05) is 128 Å². The number of rotatable bonds is 14. The Bertz CT molecular complexity index is 1270. The van der Waals surface area contributed by atoms with Crippen molar-refractivity contribution in [2.75, 3.05) is 11.5 Å². The summed E-state index contributed by atoms with van der Waals surface area (Å²) in [6.07, 6.45) is 5.48. The first-order valence-electron chi connectivity index (χ1n) is 15.6. The molecule has 7 heteroatoms. The van der Waals surface area contributed by atoms with Crippen LogP contribution in [0.4, 0.5) is 0 Å². The van der Waals surface area contributed by atoms with Gasteiger partial charge in [0.15, 0.2) is 5.79 Å². The van der Waals surface area contributed by atoms with Crippen molar-refractivity contribution in [3.05, 3.63) is 103 Å². The van der Waals surface area contributed by atoms with E-state index in [0.29, 0.717) is 6.61 Å². The first-order chi connectivity index (χ1) is 21.0. The molecule has 1 aliphatic rings. The topological polar surface area (TPSA) is 46.2 Å². The smallest absolute Gasteiger partial charge is 0.261 e. The minimum atomic E-state index is -2.64. The molecule has 4 atom stereocenters. The summed E-state index contributed by atoms with van der Waals surface area (Å²) in [4.78, 5) is 0. The Kier molecular flexibility index (Phi) is 12.3. The molecule has 0 aliphatic carbocycles. The fraction of sp³-hybridized carbons (Fsp3) is 0.459. The molecular weight excluding hydrogens is 679 g/mol. The summed E-state index contributed by atoms with van der Waals surface area (Å²) >= 11 is 2.41. The number of hydrogen-bond acceptors (Lipinski definition) is 5. The molecule has 0 aromatic heterocycles. The average molecular weight is 729 g/mol. The maximum Gasteiger partial charge on any atom is 0.261 e. The van der Waals surface area contributed by atoms with E-state index >= 15 is 0 Å². The van der Waals surface area contributed by atoms with E-state index in [0.717, 1.165) is 28.6 Å². The molecule has 0 spiro atoms. The molecule has 0 N–H and O–H groups in total. The van der Waals surface area contributed by atoms with E-state index in [4.69, 9.17) is 23.4 Å². The van der Waals surface area contributed by atoms with Gasteiger partial charge in [-0.05, 0) is 66.7 Å². The number of benzene rings is 3. The van der Waals surface area contributed by atoms with Crippen LogP contribution in [0, 0.1) is 0 Å². The van der Waals surface area contributed by atoms with Gasteiger partial charge in [-0.15, -0.1) is 0 Å². The molecule has 4 rings (SSSR count). The third kappa shape index (κ3) is 8.62. The van der Waals surface area contributed by atoms with Gasteiger partial charge < -0.3 is 23.4 Å². The van der Waals surface area contributed by atoms with E-state index in [1.54, 1.807) is 7.11 Å². The summed E-state index contributed by atoms with van der Waals surface area (Å²) in [6.45, 7) is 13.6. The Morgan fingerprint density at radius 1 is 0.909 bits per heavy atom. The number of methoxy groups -OCH3 is 1. The predicted molar refractivity (Wildman–Crippen MR) is 191 cm³/mol. The molecule has 1 aliphatic heterocycles. The standard InChI is InChI=1S/C37H49IO5Si/c1-28(43-44(36(2,3)4,31-16-10-8-11-17-31)32-18-12-9-13-19-32)15-14-20-33(35-34(25-26-38)41-37(5,6)42-35)40-27-29-21-23-30(39-7)24-22-29/h8-14,16-24,28,33-35H,15,25-27H2,1-7H3/b20-14-/t28-,33?,34+,35-/m1/s1. The molecule has 3 aromatic rings. The van der Waals surface area contributed by atoms with Gasteiger partial charge in [0, 0.05) is 10.5 Å². The van der Waals surface area contributed by atoms with Gasteiger partial charge in [0.1, 0.15) is 18.0 Å². The summed E-state index contributed by atoms with van der Waals surface area (Å²) in [5.74, 6) is 0.174. The van der Waals surface area contributed by atoms with Gasteiger partial charge in [-0.25, -0.2) is 0 Å². The molecule has 0 amide bonds. The van der Waals surface area contributed by atoms with E-state index in [1.807, 2.05) is 38.1 Å². The quantitative estimate of drug-likeness (QED) is 0.0734. The van der Waals surface area contributed by atoms with Crippen LogP contribution in [0.5, 0.6) is 5.75 Å². The summed E-state index contributed by atoms with van der Waals surface area (Å²) in [5, 5.41) is 2.50. The maximum atomic E-state index is 7.30. The highest BCUT2D eigenvalue weighted by molar-refractivity contribution is 14.1. The Labute approximate surface area is 279 Å². The number of alkyl halides is 1. The van der Waals surface area contributed by atoms with Crippen LogP contribution in [0.1, 0.15) is 59.9 Å². The Morgan fingerprint density at radius 3 is 2.02 bits per heavy atom. The van der Waals surface area contributed by atoms with Crippen molar-refractivity contribution in [3.8, 4) is 5.75 Å². The van der Waals surface area contributed by atoms with E-state index in [-0.39, 0.29) is 29.5 Å².